The van der Waals surface area contributed by atoms with Gasteiger partial charge in [0.2, 0.25) is 0 Å². The van der Waals surface area contributed by atoms with Gasteiger partial charge in [-0.2, -0.15) is 0 Å². The second-order valence-corrected chi connectivity index (χ2v) is 7.08. The standard InChI is InChI=1S/C22H25ClO5/c23-17-6-5-7-19(14-17)28-15-18(24)12-10-16-11-13-21(25)20(16)8-3-1-2-4-9-22(26)27/h1,3,5-7,11-12,14,20,24H,2,4,8-10,13,15H2,(H,26,27)/b3-1?,18-12-/t20-/m1/s1. The lowest BCUT2D eigenvalue weighted by Gasteiger charge is -2.11. The van der Waals surface area contributed by atoms with Crippen LogP contribution in [0, 0.1) is 5.92 Å². The number of aliphatic hydroxyl groups is 1. The third-order valence-electron chi connectivity index (χ3n) is 4.46. The summed E-state index contributed by atoms with van der Waals surface area (Å²) < 4.78 is 5.49. The van der Waals surface area contributed by atoms with Crippen LogP contribution in [-0.2, 0) is 9.59 Å². The van der Waals surface area contributed by atoms with Crippen LogP contribution >= 0.6 is 11.6 Å². The van der Waals surface area contributed by atoms with Crippen molar-refractivity contribution in [3.63, 3.8) is 0 Å². The number of carboxylic acid groups (broad SMARTS) is 1. The number of unbranched alkanes of at least 4 members (excludes halogenated alkanes) is 1. The molecule has 5 nitrogen and oxygen atoms in total. The number of carboxylic acids is 1. The summed E-state index contributed by atoms with van der Waals surface area (Å²) in [5.41, 5.74) is 0.995. The number of allylic oxidation sites excluding steroid dienone is 5. The topological polar surface area (TPSA) is 83.8 Å². The molecule has 0 aromatic heterocycles. The van der Waals surface area contributed by atoms with Gasteiger partial charge in [0.15, 0.2) is 0 Å². The molecule has 1 aromatic rings. The summed E-state index contributed by atoms with van der Waals surface area (Å²) in [6, 6.07) is 6.95. The van der Waals surface area contributed by atoms with Crippen molar-refractivity contribution in [1.29, 1.82) is 0 Å². The van der Waals surface area contributed by atoms with Crippen LogP contribution in [0.4, 0.5) is 0 Å². The third kappa shape index (κ3) is 7.61. The number of halogens is 1. The Labute approximate surface area is 170 Å². The molecule has 0 saturated carbocycles. The lowest BCUT2D eigenvalue weighted by atomic mass is 9.94. The molecule has 1 aliphatic carbocycles. The molecular weight excluding hydrogens is 380 g/mol. The zero-order valence-electron chi connectivity index (χ0n) is 15.6. The minimum absolute atomic E-state index is 0.0374. The number of rotatable bonds is 11. The van der Waals surface area contributed by atoms with Crippen molar-refractivity contribution in [1.82, 2.24) is 0 Å². The summed E-state index contributed by atoms with van der Waals surface area (Å²) in [5, 5.41) is 19.2. The second-order valence-electron chi connectivity index (χ2n) is 6.64. The summed E-state index contributed by atoms with van der Waals surface area (Å²) in [5.74, 6) is -0.116. The molecule has 0 unspecified atom stereocenters. The minimum atomic E-state index is -0.796. The summed E-state index contributed by atoms with van der Waals surface area (Å²) in [6.45, 7) is 0.0374. The molecule has 1 aliphatic rings. The summed E-state index contributed by atoms with van der Waals surface area (Å²) in [6.07, 6.45) is 10.4. The maximum absolute atomic E-state index is 12.1. The Morgan fingerprint density at radius 1 is 1.29 bits per heavy atom. The van der Waals surface area contributed by atoms with E-state index in [-0.39, 0.29) is 30.5 Å². The highest BCUT2D eigenvalue weighted by Crippen LogP contribution is 2.29. The highest BCUT2D eigenvalue weighted by molar-refractivity contribution is 6.30. The van der Waals surface area contributed by atoms with Gasteiger partial charge in [-0.3, -0.25) is 9.59 Å². The van der Waals surface area contributed by atoms with E-state index in [9.17, 15) is 14.7 Å². The molecule has 0 saturated heterocycles. The number of carbonyl (C=O) groups is 2. The van der Waals surface area contributed by atoms with E-state index < -0.39 is 5.97 Å². The molecular formula is C22H25ClO5. The molecule has 150 valence electrons. The van der Waals surface area contributed by atoms with Crippen LogP contribution in [-0.4, -0.2) is 28.6 Å². The fourth-order valence-electron chi connectivity index (χ4n) is 2.96. The van der Waals surface area contributed by atoms with Gasteiger partial charge in [0.25, 0.3) is 0 Å². The number of carbonyl (C=O) groups excluding carboxylic acids is 1. The highest BCUT2D eigenvalue weighted by atomic mass is 35.5. The number of ketones is 1. The molecule has 0 fully saturated rings. The van der Waals surface area contributed by atoms with E-state index in [4.69, 9.17) is 21.4 Å². The van der Waals surface area contributed by atoms with E-state index in [2.05, 4.69) is 0 Å². The van der Waals surface area contributed by atoms with E-state index in [0.29, 0.717) is 42.9 Å². The maximum atomic E-state index is 12.1. The number of ether oxygens (including phenoxy) is 1. The first kappa shape index (κ1) is 21.8. The van der Waals surface area contributed by atoms with E-state index in [1.807, 2.05) is 18.2 Å². The SMILES string of the molecule is O=C(O)CCCC=CC[C@H]1C(=O)CC=C1C/C=C(\O)COc1cccc(Cl)c1. The van der Waals surface area contributed by atoms with Crippen molar-refractivity contribution in [3.8, 4) is 5.75 Å². The minimum Gasteiger partial charge on any atom is -0.509 e. The third-order valence-corrected chi connectivity index (χ3v) is 4.69. The molecule has 1 atom stereocenters. The Morgan fingerprint density at radius 3 is 2.86 bits per heavy atom. The smallest absolute Gasteiger partial charge is 0.303 e. The fourth-order valence-corrected chi connectivity index (χ4v) is 3.14. The molecule has 2 N–H and O–H groups in total. The van der Waals surface area contributed by atoms with Crippen LogP contribution in [0.15, 0.2) is 59.9 Å². The Hall–Kier alpha value is -2.53. The maximum Gasteiger partial charge on any atom is 0.303 e. The lowest BCUT2D eigenvalue weighted by molar-refractivity contribution is -0.137. The number of aliphatic hydroxyl groups excluding tert-OH is 1. The lowest BCUT2D eigenvalue weighted by Crippen LogP contribution is -2.09. The van der Waals surface area contributed by atoms with Gasteiger partial charge < -0.3 is 14.9 Å². The average Bonchev–Trinajstić information content (AvgIpc) is 3.01. The monoisotopic (exact) mass is 404 g/mol. The largest absolute Gasteiger partial charge is 0.509 e. The van der Waals surface area contributed by atoms with Gasteiger partial charge in [-0.15, -0.1) is 0 Å². The van der Waals surface area contributed by atoms with Gasteiger partial charge in [-0.1, -0.05) is 41.5 Å². The van der Waals surface area contributed by atoms with Gasteiger partial charge in [-0.25, -0.2) is 0 Å². The molecule has 0 radical (unpaired) electrons. The van der Waals surface area contributed by atoms with E-state index >= 15 is 0 Å². The van der Waals surface area contributed by atoms with Gasteiger partial charge in [0, 0.05) is 23.8 Å². The molecule has 28 heavy (non-hydrogen) atoms. The van der Waals surface area contributed by atoms with Crippen molar-refractivity contribution in [2.24, 2.45) is 5.92 Å². The average molecular weight is 405 g/mol. The van der Waals surface area contributed by atoms with Crippen molar-refractivity contribution in [2.45, 2.75) is 38.5 Å². The molecule has 0 amide bonds. The van der Waals surface area contributed by atoms with Crippen molar-refractivity contribution in [2.75, 3.05) is 6.61 Å². The predicted molar refractivity (Wildman–Crippen MR) is 109 cm³/mol. The first-order valence-electron chi connectivity index (χ1n) is 9.30. The Balaban J connectivity index is 1.79. The van der Waals surface area contributed by atoms with Crippen LogP contribution in [0.2, 0.25) is 5.02 Å². The quantitative estimate of drug-likeness (QED) is 0.298. The van der Waals surface area contributed by atoms with E-state index in [1.54, 1.807) is 30.3 Å². The molecule has 0 bridgehead atoms. The van der Waals surface area contributed by atoms with E-state index in [0.717, 1.165) is 5.57 Å². The van der Waals surface area contributed by atoms with Gasteiger partial charge in [0.1, 0.15) is 23.9 Å². The van der Waals surface area contributed by atoms with Crippen LogP contribution in [0.5, 0.6) is 5.75 Å². The van der Waals surface area contributed by atoms with Crippen LogP contribution < -0.4 is 4.74 Å². The molecule has 2 rings (SSSR count). The Bertz CT molecular complexity index is 779. The van der Waals surface area contributed by atoms with Crippen LogP contribution in [0.1, 0.15) is 38.5 Å². The number of hydrogen-bond donors (Lipinski definition) is 2. The normalized spacial score (nSPS) is 17.2. The van der Waals surface area contributed by atoms with Gasteiger partial charge in [0.05, 0.1) is 0 Å². The summed E-state index contributed by atoms with van der Waals surface area (Å²) in [4.78, 5) is 22.6. The highest BCUT2D eigenvalue weighted by Gasteiger charge is 2.25. The first-order valence-corrected chi connectivity index (χ1v) is 9.68. The zero-order chi connectivity index (χ0) is 20.4. The molecule has 0 aliphatic heterocycles. The number of hydrogen-bond acceptors (Lipinski definition) is 4. The molecule has 0 heterocycles. The van der Waals surface area contributed by atoms with E-state index in [1.165, 1.54) is 0 Å². The summed E-state index contributed by atoms with van der Waals surface area (Å²) >= 11 is 5.89. The first-order chi connectivity index (χ1) is 13.5. The predicted octanol–water partition coefficient (Wildman–Crippen LogP) is 5.27. The Kier molecular flexibility index (Phi) is 8.82. The van der Waals surface area contributed by atoms with Crippen molar-refractivity contribution in [3.05, 3.63) is 64.9 Å². The fraction of sp³-hybridized carbons (Fsp3) is 0.364. The number of benzene rings is 1. The van der Waals surface area contributed by atoms with Gasteiger partial charge >= 0.3 is 5.97 Å². The van der Waals surface area contributed by atoms with Gasteiger partial charge in [-0.05, 0) is 50.0 Å². The van der Waals surface area contributed by atoms with Crippen LogP contribution in [0.25, 0.3) is 0 Å². The number of Topliss-reactive ketones (excluding diaryl/α,β-unsaturated/α-hetero) is 1. The molecule has 1 aromatic carbocycles. The molecule has 6 heteroatoms. The second kappa shape index (κ2) is 11.3. The number of aliphatic carboxylic acids is 1. The Morgan fingerprint density at radius 2 is 2.11 bits per heavy atom. The van der Waals surface area contributed by atoms with Crippen molar-refractivity contribution < 1.29 is 24.5 Å². The zero-order valence-corrected chi connectivity index (χ0v) is 16.4. The van der Waals surface area contributed by atoms with Crippen LogP contribution in [0.3, 0.4) is 0 Å². The molecule has 0 spiro atoms. The summed E-state index contributed by atoms with van der Waals surface area (Å²) in [7, 11) is 0. The van der Waals surface area contributed by atoms with Crippen molar-refractivity contribution >= 4 is 23.4 Å².